The Kier molecular flexibility index (Phi) is 2.76. The molecule has 3 nitrogen and oxygen atoms in total. The van der Waals surface area contributed by atoms with Gasteiger partial charge in [0.15, 0.2) is 5.82 Å². The Balaban J connectivity index is 3.01. The maximum absolute atomic E-state index is 5.71. The topological polar surface area (TPSA) is 42.2 Å². The molecular weight excluding hydrogens is 174 g/mol. The zero-order valence-corrected chi connectivity index (χ0v) is 7.97. The van der Waals surface area contributed by atoms with Crippen molar-refractivity contribution in [2.24, 2.45) is 0 Å². The highest BCUT2D eigenvalue weighted by atomic mass is 35.5. The van der Waals surface area contributed by atoms with E-state index in [1.165, 1.54) is 0 Å². The van der Waals surface area contributed by atoms with Gasteiger partial charge in [-0.05, 0) is 13.0 Å². The number of hydrogen-bond donors (Lipinski definition) is 1. The monoisotopic (exact) mass is 185 g/mol. The van der Waals surface area contributed by atoms with E-state index < -0.39 is 0 Å². The molecule has 0 amide bonds. The highest BCUT2D eigenvalue weighted by molar-refractivity contribution is 6.30. The van der Waals surface area contributed by atoms with Crippen molar-refractivity contribution in [3.8, 4) is 0 Å². The van der Waals surface area contributed by atoms with Crippen LogP contribution in [0.4, 0.5) is 11.5 Å². The van der Waals surface area contributed by atoms with Crippen LogP contribution in [0.15, 0.2) is 12.3 Å². The van der Waals surface area contributed by atoms with Crippen LogP contribution in [0.5, 0.6) is 0 Å². The first-order valence-electron chi connectivity index (χ1n) is 3.77. The van der Waals surface area contributed by atoms with Gasteiger partial charge in [-0.25, -0.2) is 4.98 Å². The third kappa shape index (κ3) is 1.80. The number of aromatic nitrogens is 1. The molecule has 0 saturated heterocycles. The zero-order valence-electron chi connectivity index (χ0n) is 7.21. The van der Waals surface area contributed by atoms with Gasteiger partial charge in [-0.3, -0.25) is 0 Å². The predicted molar refractivity (Wildman–Crippen MR) is 52.6 cm³/mol. The first-order chi connectivity index (χ1) is 5.65. The molecule has 0 atom stereocenters. The molecule has 0 aliphatic carbocycles. The second-order valence-electron chi connectivity index (χ2n) is 2.58. The van der Waals surface area contributed by atoms with Gasteiger partial charge in [-0.15, -0.1) is 0 Å². The number of nitrogen functional groups attached to an aromatic ring is 1. The van der Waals surface area contributed by atoms with Crippen LogP contribution in [0.25, 0.3) is 0 Å². The summed E-state index contributed by atoms with van der Waals surface area (Å²) in [4.78, 5) is 6.08. The van der Waals surface area contributed by atoms with Crippen molar-refractivity contribution in [1.82, 2.24) is 4.98 Å². The van der Waals surface area contributed by atoms with Crippen LogP contribution < -0.4 is 10.6 Å². The molecule has 66 valence electrons. The largest absolute Gasteiger partial charge is 0.396 e. The fourth-order valence-corrected chi connectivity index (χ4v) is 1.08. The van der Waals surface area contributed by atoms with E-state index in [0.717, 1.165) is 12.4 Å². The number of nitrogens with two attached hydrogens (primary N) is 1. The van der Waals surface area contributed by atoms with Crippen LogP contribution in [-0.2, 0) is 0 Å². The first-order valence-corrected chi connectivity index (χ1v) is 4.15. The summed E-state index contributed by atoms with van der Waals surface area (Å²) in [7, 11) is 1.94. The predicted octanol–water partition coefficient (Wildman–Crippen LogP) is 1.77. The van der Waals surface area contributed by atoms with Crippen LogP contribution in [0.1, 0.15) is 6.92 Å². The van der Waals surface area contributed by atoms with Gasteiger partial charge in [0, 0.05) is 19.8 Å². The van der Waals surface area contributed by atoms with Gasteiger partial charge in [0.2, 0.25) is 0 Å². The lowest BCUT2D eigenvalue weighted by Gasteiger charge is -2.17. The Morgan fingerprint density at radius 2 is 2.33 bits per heavy atom. The molecule has 2 N–H and O–H groups in total. The van der Waals surface area contributed by atoms with E-state index in [2.05, 4.69) is 4.98 Å². The van der Waals surface area contributed by atoms with E-state index in [1.807, 2.05) is 18.9 Å². The third-order valence-electron chi connectivity index (χ3n) is 1.70. The Morgan fingerprint density at radius 1 is 1.67 bits per heavy atom. The van der Waals surface area contributed by atoms with Crippen molar-refractivity contribution in [1.29, 1.82) is 0 Å². The minimum Gasteiger partial charge on any atom is -0.396 e. The quantitative estimate of drug-likeness (QED) is 0.764. The zero-order chi connectivity index (χ0) is 9.14. The van der Waals surface area contributed by atoms with E-state index in [4.69, 9.17) is 17.3 Å². The Morgan fingerprint density at radius 3 is 2.83 bits per heavy atom. The summed E-state index contributed by atoms with van der Waals surface area (Å²) in [6, 6.07) is 1.70. The fraction of sp³-hybridized carbons (Fsp3) is 0.375. The van der Waals surface area contributed by atoms with Crippen LogP contribution in [0.2, 0.25) is 5.02 Å². The maximum atomic E-state index is 5.71. The van der Waals surface area contributed by atoms with E-state index in [1.54, 1.807) is 12.3 Å². The molecule has 0 aliphatic heterocycles. The minimum atomic E-state index is 0.570. The minimum absolute atomic E-state index is 0.570. The summed E-state index contributed by atoms with van der Waals surface area (Å²) < 4.78 is 0. The summed E-state index contributed by atoms with van der Waals surface area (Å²) in [5.41, 5.74) is 6.33. The number of pyridine rings is 1. The van der Waals surface area contributed by atoms with E-state index in [9.17, 15) is 0 Å². The lowest BCUT2D eigenvalue weighted by molar-refractivity contribution is 0.941. The van der Waals surface area contributed by atoms with Crippen LogP contribution in [0.3, 0.4) is 0 Å². The molecular formula is C8H12ClN3. The lowest BCUT2D eigenvalue weighted by atomic mass is 10.4. The molecule has 0 aromatic carbocycles. The molecule has 12 heavy (non-hydrogen) atoms. The highest BCUT2D eigenvalue weighted by Crippen LogP contribution is 2.21. The highest BCUT2D eigenvalue weighted by Gasteiger charge is 2.04. The van der Waals surface area contributed by atoms with E-state index in [-0.39, 0.29) is 0 Å². The summed E-state index contributed by atoms with van der Waals surface area (Å²) in [6.45, 7) is 2.91. The lowest BCUT2D eigenvalue weighted by Crippen LogP contribution is -2.18. The molecule has 1 aromatic heterocycles. The number of nitrogens with zero attached hydrogens (tertiary/aromatic N) is 2. The molecule has 0 spiro atoms. The van der Waals surface area contributed by atoms with Gasteiger partial charge in [0.1, 0.15) is 0 Å². The molecule has 0 fully saturated rings. The molecule has 4 heteroatoms. The molecule has 1 rings (SSSR count). The molecule has 0 aliphatic rings. The van der Waals surface area contributed by atoms with Gasteiger partial charge in [-0.1, -0.05) is 11.6 Å². The fourth-order valence-electron chi connectivity index (χ4n) is 0.916. The summed E-state index contributed by atoms with van der Waals surface area (Å²) in [6.07, 6.45) is 1.60. The van der Waals surface area contributed by atoms with E-state index >= 15 is 0 Å². The average Bonchev–Trinajstić information content (AvgIpc) is 2.03. The Labute approximate surface area is 77.1 Å². The molecule has 0 unspecified atom stereocenters. The van der Waals surface area contributed by atoms with Gasteiger partial charge < -0.3 is 10.6 Å². The van der Waals surface area contributed by atoms with Gasteiger partial charge in [-0.2, -0.15) is 0 Å². The smallest absolute Gasteiger partial charge is 0.151 e. The SMILES string of the molecule is CCN(C)c1ncc(Cl)cc1N. The summed E-state index contributed by atoms with van der Waals surface area (Å²) in [5, 5.41) is 0.570. The number of anilines is 2. The molecule has 0 radical (unpaired) electrons. The first kappa shape index (κ1) is 9.13. The van der Waals surface area contributed by atoms with Crippen molar-refractivity contribution in [2.75, 3.05) is 24.2 Å². The number of rotatable bonds is 2. The third-order valence-corrected chi connectivity index (χ3v) is 1.90. The molecule has 1 aromatic rings. The van der Waals surface area contributed by atoms with Crippen molar-refractivity contribution in [3.63, 3.8) is 0 Å². The number of hydrogen-bond acceptors (Lipinski definition) is 3. The second-order valence-corrected chi connectivity index (χ2v) is 3.02. The van der Waals surface area contributed by atoms with Gasteiger partial charge >= 0.3 is 0 Å². The van der Waals surface area contributed by atoms with Gasteiger partial charge in [0.25, 0.3) is 0 Å². The van der Waals surface area contributed by atoms with Crippen molar-refractivity contribution < 1.29 is 0 Å². The Bertz CT molecular complexity index is 275. The standard InChI is InChI=1S/C8H12ClN3/c1-3-12(2)8-7(10)4-6(9)5-11-8/h4-5H,3,10H2,1-2H3. The second kappa shape index (κ2) is 3.63. The molecule has 1 heterocycles. The Hall–Kier alpha value is -0.960. The van der Waals surface area contributed by atoms with Crippen LogP contribution >= 0.6 is 11.6 Å². The molecule has 0 bridgehead atoms. The van der Waals surface area contributed by atoms with Crippen LogP contribution in [0, 0.1) is 0 Å². The maximum Gasteiger partial charge on any atom is 0.151 e. The summed E-state index contributed by atoms with van der Waals surface area (Å²) >= 11 is 5.70. The average molecular weight is 186 g/mol. The van der Waals surface area contributed by atoms with Crippen LogP contribution in [-0.4, -0.2) is 18.6 Å². The van der Waals surface area contributed by atoms with Crippen molar-refractivity contribution in [2.45, 2.75) is 6.92 Å². The summed E-state index contributed by atoms with van der Waals surface area (Å²) in [5.74, 6) is 0.780. The number of halogens is 1. The van der Waals surface area contributed by atoms with E-state index in [0.29, 0.717) is 10.7 Å². The van der Waals surface area contributed by atoms with Crippen molar-refractivity contribution >= 4 is 23.1 Å². The molecule has 0 saturated carbocycles. The normalized spacial score (nSPS) is 9.92. The van der Waals surface area contributed by atoms with Crippen molar-refractivity contribution in [3.05, 3.63) is 17.3 Å². The van der Waals surface area contributed by atoms with Gasteiger partial charge in [0.05, 0.1) is 10.7 Å².